The lowest BCUT2D eigenvalue weighted by Crippen LogP contribution is -2.34. The number of benzene rings is 1. The third kappa shape index (κ3) is 4.51. The molecule has 0 spiro atoms. The maximum absolute atomic E-state index is 13.0. The smallest absolute Gasteiger partial charge is 0.333 e. The molecule has 0 atom stereocenters. The summed E-state index contributed by atoms with van der Waals surface area (Å²) in [7, 11) is -2.29. The van der Waals surface area contributed by atoms with Gasteiger partial charge in [0.15, 0.2) is 0 Å². The largest absolute Gasteiger partial charge is 0.388 e. The number of thiophene rings is 1. The Morgan fingerprint density at radius 1 is 1.09 bits per heavy atom. The Morgan fingerprint density at radius 2 is 1.85 bits per heavy atom. The summed E-state index contributed by atoms with van der Waals surface area (Å²) in [5.41, 5.74) is 0.565. The van der Waals surface area contributed by atoms with Crippen LogP contribution >= 0.6 is 11.3 Å². The number of carbonyl (C=O) groups excluding carboxylic acids is 1. The van der Waals surface area contributed by atoms with Crippen molar-refractivity contribution in [2.24, 2.45) is 5.18 Å². The topological polar surface area (TPSA) is 152 Å². The summed E-state index contributed by atoms with van der Waals surface area (Å²) in [5, 5.41) is 9.04. The zero-order chi connectivity index (χ0) is 24.5. The summed E-state index contributed by atoms with van der Waals surface area (Å²) in [6, 6.07) is 9.92. The van der Waals surface area contributed by atoms with Crippen molar-refractivity contribution in [2.75, 3.05) is 17.7 Å². The third-order valence-electron chi connectivity index (χ3n) is 4.84. The van der Waals surface area contributed by atoms with Gasteiger partial charge in [0, 0.05) is 29.2 Å². The van der Waals surface area contributed by atoms with E-state index in [1.165, 1.54) is 35.2 Å². The third-order valence-corrected chi connectivity index (χ3v) is 7.67. The van der Waals surface area contributed by atoms with Crippen LogP contribution in [0.25, 0.3) is 16.6 Å². The van der Waals surface area contributed by atoms with Crippen LogP contribution in [0.1, 0.15) is 4.88 Å². The average molecular weight is 499 g/mol. The molecule has 3 aromatic heterocycles. The Bertz CT molecular complexity index is 1580. The summed E-state index contributed by atoms with van der Waals surface area (Å²) >= 11 is 1.04. The minimum atomic E-state index is -4.00. The molecule has 11 nitrogen and oxygen atoms in total. The minimum Gasteiger partial charge on any atom is -0.388 e. The summed E-state index contributed by atoms with van der Waals surface area (Å²) in [5.74, 6) is 0.183. The predicted octanol–water partition coefficient (Wildman–Crippen LogP) is 3.71. The number of hydrogen-bond donors (Lipinski definition) is 3. The van der Waals surface area contributed by atoms with Crippen molar-refractivity contribution in [1.82, 2.24) is 14.3 Å². The van der Waals surface area contributed by atoms with Gasteiger partial charge in [-0.3, -0.25) is 9.36 Å². The second-order valence-corrected chi connectivity index (χ2v) is 10.3. The van der Waals surface area contributed by atoms with Crippen LogP contribution in [0.5, 0.6) is 0 Å². The Hall–Kier alpha value is -4.10. The first-order valence-electron chi connectivity index (χ1n) is 9.79. The summed E-state index contributed by atoms with van der Waals surface area (Å²) in [4.78, 5) is 41.5. The number of carbonyl (C=O) groups is 1. The van der Waals surface area contributed by atoms with E-state index in [0.29, 0.717) is 5.39 Å². The van der Waals surface area contributed by atoms with Crippen LogP contribution in [0.3, 0.4) is 0 Å². The fourth-order valence-electron chi connectivity index (χ4n) is 3.21. The second kappa shape index (κ2) is 9.03. The highest BCUT2D eigenvalue weighted by molar-refractivity contribution is 7.92. The Balaban J connectivity index is 1.58. The second-order valence-electron chi connectivity index (χ2n) is 7.12. The number of urea groups is 1. The molecule has 13 heteroatoms. The molecule has 1 aromatic carbocycles. The normalized spacial score (nSPS) is 11.2. The molecule has 0 unspecified atom stereocenters. The molecule has 2 amide bonds. The number of nitrogens with one attached hydrogen (secondary N) is 3. The molecule has 3 heterocycles. The van der Waals surface area contributed by atoms with Crippen molar-refractivity contribution < 1.29 is 13.2 Å². The molecule has 4 aromatic rings. The van der Waals surface area contributed by atoms with Crippen LogP contribution in [-0.2, 0) is 10.0 Å². The number of fused-ring (bicyclic) bond motifs is 1. The number of sulfonamides is 1. The van der Waals surface area contributed by atoms with Gasteiger partial charge in [-0.05, 0) is 54.6 Å². The SMILES string of the molecule is CNc1ccc2c(=O)n(-c3ccc(NC(=O)NS(=O)(=O)c4ccc(C)s4)cn3)cc(N=O)c2c1. The number of hydrogen-bond acceptors (Lipinski definition) is 9. The fraction of sp³-hybridized carbons (Fsp3) is 0.0952. The maximum atomic E-state index is 13.0. The molecular weight excluding hydrogens is 480 g/mol. The van der Waals surface area contributed by atoms with Gasteiger partial charge in [-0.2, -0.15) is 0 Å². The number of aromatic nitrogens is 2. The van der Waals surface area contributed by atoms with E-state index in [1.54, 1.807) is 38.2 Å². The van der Waals surface area contributed by atoms with Crippen LogP contribution in [0.15, 0.2) is 69.0 Å². The molecular formula is C21H18N6O5S2. The Labute approximate surface area is 197 Å². The molecule has 0 radical (unpaired) electrons. The standard InChI is InChI=1S/C21H18N6O5S2/c1-12-3-8-19(33-12)34(31,32)26-21(29)24-14-5-7-18(23-10-14)27-11-17(25-30)16-9-13(22-2)4-6-15(16)20(27)28/h3-11,22H,1-2H3,(H2,24,26,29). The summed E-state index contributed by atoms with van der Waals surface area (Å²) < 4.78 is 27.7. The van der Waals surface area contributed by atoms with Crippen LogP contribution in [0.2, 0.25) is 0 Å². The van der Waals surface area contributed by atoms with E-state index in [0.717, 1.165) is 21.9 Å². The minimum absolute atomic E-state index is 0.0192. The lowest BCUT2D eigenvalue weighted by molar-refractivity contribution is 0.256. The van der Waals surface area contributed by atoms with Gasteiger partial charge in [-0.1, -0.05) is 0 Å². The van der Waals surface area contributed by atoms with Gasteiger partial charge in [0.05, 0.1) is 17.3 Å². The first-order valence-corrected chi connectivity index (χ1v) is 12.1. The van der Waals surface area contributed by atoms with E-state index < -0.39 is 21.6 Å². The van der Waals surface area contributed by atoms with Crippen LogP contribution in [0, 0.1) is 11.8 Å². The monoisotopic (exact) mass is 498 g/mol. The van der Waals surface area contributed by atoms with Gasteiger partial charge in [-0.15, -0.1) is 16.2 Å². The van der Waals surface area contributed by atoms with Crippen molar-refractivity contribution in [3.05, 3.63) is 75.0 Å². The number of aryl methyl sites for hydroxylation is 1. The number of amides is 2. The fourth-order valence-corrected chi connectivity index (χ4v) is 5.40. The zero-order valence-corrected chi connectivity index (χ0v) is 19.5. The van der Waals surface area contributed by atoms with Gasteiger partial charge in [0.2, 0.25) is 0 Å². The maximum Gasteiger partial charge on any atom is 0.333 e. The van der Waals surface area contributed by atoms with Gasteiger partial charge in [-0.25, -0.2) is 22.9 Å². The van der Waals surface area contributed by atoms with Gasteiger partial charge >= 0.3 is 6.03 Å². The van der Waals surface area contributed by atoms with Gasteiger partial charge in [0.25, 0.3) is 15.6 Å². The molecule has 0 saturated heterocycles. The number of rotatable bonds is 6. The van der Waals surface area contributed by atoms with E-state index >= 15 is 0 Å². The number of pyridine rings is 2. The molecule has 0 aliphatic carbocycles. The molecule has 0 aliphatic rings. The predicted molar refractivity (Wildman–Crippen MR) is 131 cm³/mol. The lowest BCUT2D eigenvalue weighted by atomic mass is 10.1. The quantitative estimate of drug-likeness (QED) is 0.343. The molecule has 0 saturated carbocycles. The molecule has 0 fully saturated rings. The number of anilines is 2. The first kappa shape index (κ1) is 23.1. The zero-order valence-electron chi connectivity index (χ0n) is 17.9. The van der Waals surface area contributed by atoms with Crippen LogP contribution < -0.4 is 20.9 Å². The summed E-state index contributed by atoms with van der Waals surface area (Å²) in [6.07, 6.45) is 2.54. The Kier molecular flexibility index (Phi) is 6.13. The van der Waals surface area contributed by atoms with E-state index in [9.17, 15) is 22.9 Å². The highest BCUT2D eigenvalue weighted by Gasteiger charge is 2.19. The van der Waals surface area contributed by atoms with E-state index in [2.05, 4.69) is 20.8 Å². The van der Waals surface area contributed by atoms with Gasteiger partial charge < -0.3 is 10.6 Å². The van der Waals surface area contributed by atoms with Crippen molar-refractivity contribution >= 4 is 55.2 Å². The molecule has 3 N–H and O–H groups in total. The highest BCUT2D eigenvalue weighted by atomic mass is 32.2. The number of nitroso groups, excluding NO2 is 1. The van der Waals surface area contributed by atoms with Crippen molar-refractivity contribution in [2.45, 2.75) is 11.1 Å². The molecule has 34 heavy (non-hydrogen) atoms. The van der Waals surface area contributed by atoms with E-state index in [-0.39, 0.29) is 26.8 Å². The van der Waals surface area contributed by atoms with Crippen molar-refractivity contribution in [1.29, 1.82) is 0 Å². The average Bonchev–Trinajstić information content (AvgIpc) is 3.27. The number of nitrogens with zero attached hydrogens (tertiary/aromatic N) is 3. The van der Waals surface area contributed by atoms with Crippen molar-refractivity contribution in [3.63, 3.8) is 0 Å². The van der Waals surface area contributed by atoms with Gasteiger partial charge in [0.1, 0.15) is 15.7 Å². The Morgan fingerprint density at radius 3 is 2.47 bits per heavy atom. The van der Waals surface area contributed by atoms with Crippen molar-refractivity contribution in [3.8, 4) is 5.82 Å². The lowest BCUT2D eigenvalue weighted by Gasteiger charge is -2.11. The molecule has 4 rings (SSSR count). The van der Waals surface area contributed by atoms with E-state index in [1.807, 2.05) is 4.72 Å². The van der Waals surface area contributed by atoms with E-state index in [4.69, 9.17) is 0 Å². The summed E-state index contributed by atoms with van der Waals surface area (Å²) in [6.45, 7) is 1.76. The van der Waals surface area contributed by atoms with Crippen LogP contribution in [-0.4, -0.2) is 31.0 Å². The molecule has 174 valence electrons. The van der Waals surface area contributed by atoms with Crippen LogP contribution in [0.4, 0.5) is 21.9 Å². The molecule has 0 bridgehead atoms. The highest BCUT2D eigenvalue weighted by Crippen LogP contribution is 2.27. The first-order chi connectivity index (χ1) is 16.2. The molecule has 0 aliphatic heterocycles.